The van der Waals surface area contributed by atoms with E-state index in [2.05, 4.69) is 13.8 Å². The van der Waals surface area contributed by atoms with E-state index in [1.165, 1.54) is 12.1 Å². The van der Waals surface area contributed by atoms with Gasteiger partial charge >= 0.3 is 0 Å². The zero-order chi connectivity index (χ0) is 11.4. The lowest BCUT2D eigenvalue weighted by atomic mass is 10.1. The number of hydrogen-bond donors (Lipinski definition) is 1. The molecule has 0 amide bonds. The summed E-state index contributed by atoms with van der Waals surface area (Å²) in [6.07, 6.45) is 0. The van der Waals surface area contributed by atoms with E-state index in [4.69, 9.17) is 5.73 Å². The van der Waals surface area contributed by atoms with Gasteiger partial charge in [-0.25, -0.2) is 4.39 Å². The third-order valence-electron chi connectivity index (χ3n) is 2.03. The van der Waals surface area contributed by atoms with Crippen LogP contribution in [0.1, 0.15) is 32.4 Å². The van der Waals surface area contributed by atoms with Crippen molar-refractivity contribution >= 4 is 11.8 Å². The van der Waals surface area contributed by atoms with Gasteiger partial charge in [0.15, 0.2) is 0 Å². The van der Waals surface area contributed by atoms with Gasteiger partial charge in [-0.05, 0) is 36.6 Å². The highest BCUT2D eigenvalue weighted by Crippen LogP contribution is 2.28. The van der Waals surface area contributed by atoms with Crippen LogP contribution in [0.4, 0.5) is 4.39 Å². The molecule has 0 saturated heterocycles. The minimum Gasteiger partial charge on any atom is -0.324 e. The Kier molecular flexibility index (Phi) is 4.61. The maximum atomic E-state index is 13.0. The molecule has 0 saturated carbocycles. The van der Waals surface area contributed by atoms with E-state index in [-0.39, 0.29) is 11.9 Å². The largest absolute Gasteiger partial charge is 0.324 e. The van der Waals surface area contributed by atoms with Gasteiger partial charge in [0.25, 0.3) is 0 Å². The summed E-state index contributed by atoms with van der Waals surface area (Å²) < 4.78 is 13.0. The lowest BCUT2D eigenvalue weighted by molar-refractivity contribution is 0.619. The molecule has 3 heteroatoms. The van der Waals surface area contributed by atoms with Gasteiger partial charge in [-0.1, -0.05) is 13.8 Å². The van der Waals surface area contributed by atoms with Gasteiger partial charge in [-0.3, -0.25) is 0 Å². The molecule has 0 aliphatic heterocycles. The van der Waals surface area contributed by atoms with Crippen LogP contribution in [0.3, 0.4) is 0 Å². The van der Waals surface area contributed by atoms with Crippen molar-refractivity contribution in [2.75, 3.05) is 5.75 Å². The predicted octanol–water partition coefficient (Wildman–Crippen LogP) is 3.59. The SMILES string of the molecule is CC(C)CSc1ccc(F)cc1[C@H](C)N. The van der Waals surface area contributed by atoms with E-state index in [0.29, 0.717) is 5.92 Å². The summed E-state index contributed by atoms with van der Waals surface area (Å²) in [7, 11) is 0. The van der Waals surface area contributed by atoms with Crippen molar-refractivity contribution < 1.29 is 4.39 Å². The van der Waals surface area contributed by atoms with Gasteiger partial charge in [0.05, 0.1) is 0 Å². The van der Waals surface area contributed by atoms with Crippen LogP contribution in [-0.4, -0.2) is 5.75 Å². The Balaban J connectivity index is 2.86. The molecule has 0 spiro atoms. The summed E-state index contributed by atoms with van der Waals surface area (Å²) in [6.45, 7) is 6.22. The first-order chi connectivity index (χ1) is 7.00. The molecule has 1 aromatic rings. The summed E-state index contributed by atoms with van der Waals surface area (Å²) >= 11 is 1.75. The Labute approximate surface area is 95.2 Å². The summed E-state index contributed by atoms with van der Waals surface area (Å²) in [5, 5.41) is 0. The Bertz CT molecular complexity index is 323. The number of halogens is 1. The van der Waals surface area contributed by atoms with Crippen molar-refractivity contribution in [1.29, 1.82) is 0 Å². The summed E-state index contributed by atoms with van der Waals surface area (Å²) in [4.78, 5) is 1.10. The lowest BCUT2D eigenvalue weighted by Crippen LogP contribution is -2.07. The van der Waals surface area contributed by atoms with Crippen molar-refractivity contribution in [3.8, 4) is 0 Å². The Morgan fingerprint density at radius 2 is 2.00 bits per heavy atom. The first kappa shape index (κ1) is 12.5. The Hall–Kier alpha value is -0.540. The van der Waals surface area contributed by atoms with Gasteiger partial charge in [0.1, 0.15) is 5.82 Å². The van der Waals surface area contributed by atoms with Gasteiger partial charge in [-0.2, -0.15) is 0 Å². The van der Waals surface area contributed by atoms with E-state index in [1.54, 1.807) is 11.8 Å². The molecule has 0 heterocycles. The van der Waals surface area contributed by atoms with Crippen LogP contribution in [0.2, 0.25) is 0 Å². The van der Waals surface area contributed by atoms with Gasteiger partial charge in [0.2, 0.25) is 0 Å². The molecule has 0 aliphatic rings. The minimum atomic E-state index is -0.212. The van der Waals surface area contributed by atoms with Crippen LogP contribution < -0.4 is 5.73 Å². The molecule has 84 valence electrons. The molecule has 0 fully saturated rings. The standard InChI is InChI=1S/C12H18FNS/c1-8(2)7-15-12-5-4-10(13)6-11(12)9(3)14/h4-6,8-9H,7,14H2,1-3H3/t9-/m0/s1. The zero-order valence-corrected chi connectivity index (χ0v) is 10.3. The van der Waals surface area contributed by atoms with Gasteiger partial charge < -0.3 is 5.73 Å². The van der Waals surface area contributed by atoms with Gasteiger partial charge in [0, 0.05) is 16.7 Å². The van der Waals surface area contributed by atoms with Crippen molar-refractivity contribution in [3.05, 3.63) is 29.6 Å². The molecule has 0 aliphatic carbocycles. The highest BCUT2D eigenvalue weighted by atomic mass is 32.2. The molecule has 0 bridgehead atoms. The summed E-state index contributed by atoms with van der Waals surface area (Å²) in [6, 6.07) is 4.73. The molecule has 0 radical (unpaired) electrons. The molecule has 1 rings (SSSR count). The molecule has 1 nitrogen and oxygen atoms in total. The first-order valence-electron chi connectivity index (χ1n) is 5.18. The fraction of sp³-hybridized carbons (Fsp3) is 0.500. The normalized spacial score (nSPS) is 13.2. The highest BCUT2D eigenvalue weighted by molar-refractivity contribution is 7.99. The second-order valence-corrected chi connectivity index (χ2v) is 5.24. The number of benzene rings is 1. The summed E-state index contributed by atoms with van der Waals surface area (Å²) in [5.74, 6) is 1.45. The predicted molar refractivity (Wildman–Crippen MR) is 64.6 cm³/mol. The molecule has 1 aromatic carbocycles. The van der Waals surface area contributed by atoms with E-state index >= 15 is 0 Å². The van der Waals surface area contributed by atoms with Crippen molar-refractivity contribution in [2.45, 2.75) is 31.7 Å². The van der Waals surface area contributed by atoms with Crippen LogP contribution in [0.5, 0.6) is 0 Å². The fourth-order valence-electron chi connectivity index (χ4n) is 1.26. The van der Waals surface area contributed by atoms with E-state index < -0.39 is 0 Å². The maximum Gasteiger partial charge on any atom is 0.123 e. The molecule has 0 aromatic heterocycles. The zero-order valence-electron chi connectivity index (χ0n) is 9.46. The molecule has 1 atom stereocenters. The number of rotatable bonds is 4. The van der Waals surface area contributed by atoms with E-state index in [1.807, 2.05) is 13.0 Å². The smallest absolute Gasteiger partial charge is 0.123 e. The fourth-order valence-corrected chi connectivity index (χ4v) is 2.35. The van der Waals surface area contributed by atoms with Crippen LogP contribution in [0.15, 0.2) is 23.1 Å². The van der Waals surface area contributed by atoms with Gasteiger partial charge in [-0.15, -0.1) is 11.8 Å². The first-order valence-corrected chi connectivity index (χ1v) is 6.17. The highest BCUT2D eigenvalue weighted by Gasteiger charge is 2.09. The topological polar surface area (TPSA) is 26.0 Å². The van der Waals surface area contributed by atoms with Crippen LogP contribution in [0, 0.1) is 11.7 Å². The van der Waals surface area contributed by atoms with Crippen LogP contribution in [0.25, 0.3) is 0 Å². The second kappa shape index (κ2) is 5.52. The molecular formula is C12H18FNS. The number of hydrogen-bond acceptors (Lipinski definition) is 2. The molecule has 15 heavy (non-hydrogen) atoms. The van der Waals surface area contributed by atoms with E-state index in [0.717, 1.165) is 16.2 Å². The van der Waals surface area contributed by atoms with Crippen molar-refractivity contribution in [2.24, 2.45) is 11.7 Å². The molecule has 2 N–H and O–H groups in total. The quantitative estimate of drug-likeness (QED) is 0.795. The monoisotopic (exact) mass is 227 g/mol. The minimum absolute atomic E-state index is 0.115. The molecular weight excluding hydrogens is 209 g/mol. The second-order valence-electron chi connectivity index (χ2n) is 4.18. The van der Waals surface area contributed by atoms with Crippen molar-refractivity contribution in [3.63, 3.8) is 0 Å². The van der Waals surface area contributed by atoms with Crippen LogP contribution in [-0.2, 0) is 0 Å². The van der Waals surface area contributed by atoms with Crippen molar-refractivity contribution in [1.82, 2.24) is 0 Å². The summed E-state index contributed by atoms with van der Waals surface area (Å²) in [5.41, 5.74) is 6.71. The third kappa shape index (κ3) is 3.84. The van der Waals surface area contributed by atoms with E-state index in [9.17, 15) is 4.39 Å². The average Bonchev–Trinajstić information content (AvgIpc) is 2.15. The lowest BCUT2D eigenvalue weighted by Gasteiger charge is -2.13. The third-order valence-corrected chi connectivity index (χ3v) is 3.55. The van der Waals surface area contributed by atoms with Crippen LogP contribution >= 0.6 is 11.8 Å². The average molecular weight is 227 g/mol. The Morgan fingerprint density at radius 1 is 1.33 bits per heavy atom. The maximum absolute atomic E-state index is 13.0. The number of nitrogens with two attached hydrogens (primary N) is 1. The molecule has 0 unspecified atom stereocenters. The Morgan fingerprint density at radius 3 is 2.53 bits per heavy atom. The number of thioether (sulfide) groups is 1.